The van der Waals surface area contributed by atoms with Gasteiger partial charge in [-0.1, -0.05) is 35.3 Å². The second-order valence-corrected chi connectivity index (χ2v) is 10.9. The minimum absolute atomic E-state index is 0.00174. The van der Waals surface area contributed by atoms with Gasteiger partial charge in [0.15, 0.2) is 0 Å². The average molecular weight is 487 g/mol. The summed E-state index contributed by atoms with van der Waals surface area (Å²) in [5.41, 5.74) is 1.04. The van der Waals surface area contributed by atoms with Crippen LogP contribution in [0, 0.1) is 5.92 Å². The van der Waals surface area contributed by atoms with E-state index in [1.54, 1.807) is 17.8 Å². The number of hydrogen-bond acceptors (Lipinski definition) is 4. The number of piperidine rings is 1. The molecule has 1 amide bonds. The molecule has 0 aliphatic carbocycles. The third kappa shape index (κ3) is 5.32. The Bertz CT molecular complexity index is 1010. The van der Waals surface area contributed by atoms with Crippen LogP contribution in [0.5, 0.6) is 0 Å². The highest BCUT2D eigenvalue weighted by atomic mass is 35.5. The van der Waals surface area contributed by atoms with Gasteiger partial charge in [0.25, 0.3) is 0 Å². The fourth-order valence-electron chi connectivity index (χ4n) is 3.48. The lowest BCUT2D eigenvalue weighted by Gasteiger charge is -2.31. The van der Waals surface area contributed by atoms with E-state index in [9.17, 15) is 13.2 Å². The van der Waals surface area contributed by atoms with Gasteiger partial charge in [0.1, 0.15) is 4.90 Å². The monoisotopic (exact) mass is 486 g/mol. The van der Waals surface area contributed by atoms with Gasteiger partial charge in [0.05, 0.1) is 11.1 Å². The molecule has 1 N–H and O–H groups in total. The van der Waals surface area contributed by atoms with Crippen molar-refractivity contribution in [1.29, 1.82) is 0 Å². The fourth-order valence-corrected chi connectivity index (χ4v) is 6.09. The van der Waals surface area contributed by atoms with Gasteiger partial charge in [-0.05, 0) is 61.9 Å². The van der Waals surface area contributed by atoms with Crippen LogP contribution in [-0.4, -0.2) is 38.0 Å². The molecule has 1 fully saturated rings. The lowest BCUT2D eigenvalue weighted by Crippen LogP contribution is -2.43. The van der Waals surface area contributed by atoms with Crippen molar-refractivity contribution in [2.24, 2.45) is 5.92 Å². The number of sulfonamides is 1. The first-order chi connectivity index (χ1) is 14.2. The van der Waals surface area contributed by atoms with Gasteiger partial charge in [0, 0.05) is 28.9 Å². The van der Waals surface area contributed by atoms with Gasteiger partial charge in [-0.2, -0.15) is 4.31 Å². The first-order valence-electron chi connectivity index (χ1n) is 9.62. The number of thioether (sulfide) groups is 1. The maximum absolute atomic E-state index is 12.9. The summed E-state index contributed by atoms with van der Waals surface area (Å²) in [5.74, 6) is -0.270. The van der Waals surface area contributed by atoms with Crippen LogP contribution in [0.2, 0.25) is 10.0 Å². The Morgan fingerprint density at radius 2 is 1.77 bits per heavy atom. The standard InChI is InChI=1S/C21H24Cl2N2O3S2/c1-14(15-3-6-18(29-2)7-4-15)24-21(26)16-9-11-25(12-10-16)30(27,28)20-13-17(22)5-8-19(20)23/h3-8,13-14,16H,9-12H2,1-2H3,(H,24,26). The average Bonchev–Trinajstić information content (AvgIpc) is 2.75. The molecule has 3 rings (SSSR count). The normalized spacial score (nSPS) is 16.9. The molecular formula is C21H24Cl2N2O3S2. The van der Waals surface area contributed by atoms with E-state index in [4.69, 9.17) is 23.2 Å². The zero-order valence-electron chi connectivity index (χ0n) is 16.8. The number of benzene rings is 2. The number of carbonyl (C=O) groups is 1. The predicted octanol–water partition coefficient (Wildman–Crippen LogP) is 4.99. The number of nitrogens with one attached hydrogen (secondary N) is 1. The molecule has 1 atom stereocenters. The first kappa shape index (κ1) is 23.4. The summed E-state index contributed by atoms with van der Waals surface area (Å²) in [4.78, 5) is 13.9. The molecule has 1 heterocycles. The molecule has 0 spiro atoms. The quantitative estimate of drug-likeness (QED) is 0.583. The number of carbonyl (C=O) groups excluding carboxylic acids is 1. The van der Waals surface area contributed by atoms with E-state index >= 15 is 0 Å². The molecule has 1 aliphatic rings. The van der Waals surface area contributed by atoms with Crippen molar-refractivity contribution in [3.8, 4) is 0 Å². The number of halogens is 2. The van der Waals surface area contributed by atoms with Crippen molar-refractivity contribution < 1.29 is 13.2 Å². The second-order valence-electron chi connectivity index (χ2n) is 7.26. The van der Waals surface area contributed by atoms with Gasteiger partial charge >= 0.3 is 0 Å². The topological polar surface area (TPSA) is 66.5 Å². The van der Waals surface area contributed by atoms with Crippen LogP contribution in [0.3, 0.4) is 0 Å². The predicted molar refractivity (Wildman–Crippen MR) is 123 cm³/mol. The summed E-state index contributed by atoms with van der Waals surface area (Å²) in [6, 6.07) is 12.4. The van der Waals surface area contributed by atoms with Gasteiger partial charge < -0.3 is 5.32 Å². The second kappa shape index (κ2) is 9.92. The number of nitrogens with zero attached hydrogens (tertiary/aromatic N) is 1. The molecule has 0 saturated carbocycles. The van der Waals surface area contributed by atoms with Crippen molar-refractivity contribution in [2.75, 3.05) is 19.3 Å². The van der Waals surface area contributed by atoms with E-state index in [2.05, 4.69) is 5.32 Å². The van der Waals surface area contributed by atoms with Crippen molar-refractivity contribution >= 4 is 50.9 Å². The van der Waals surface area contributed by atoms with E-state index in [-0.39, 0.29) is 40.9 Å². The fraction of sp³-hybridized carbons (Fsp3) is 0.381. The Labute approximate surface area is 192 Å². The molecule has 1 saturated heterocycles. The Hall–Kier alpha value is -1.25. The van der Waals surface area contributed by atoms with Gasteiger partial charge in [-0.15, -0.1) is 11.8 Å². The van der Waals surface area contributed by atoms with Gasteiger partial charge in [-0.3, -0.25) is 4.79 Å². The Balaban J connectivity index is 1.60. The molecule has 9 heteroatoms. The SMILES string of the molecule is CSc1ccc(C(C)NC(=O)C2CCN(S(=O)(=O)c3cc(Cl)ccc3Cl)CC2)cc1. The summed E-state index contributed by atoms with van der Waals surface area (Å²) < 4.78 is 27.2. The molecule has 2 aromatic rings. The van der Waals surface area contributed by atoms with E-state index in [0.717, 1.165) is 5.56 Å². The summed E-state index contributed by atoms with van der Waals surface area (Å²) in [5, 5.41) is 3.50. The molecule has 162 valence electrons. The minimum atomic E-state index is -3.75. The van der Waals surface area contributed by atoms with Crippen LogP contribution >= 0.6 is 35.0 Å². The molecule has 5 nitrogen and oxygen atoms in total. The van der Waals surface area contributed by atoms with Crippen LogP contribution < -0.4 is 5.32 Å². The number of amides is 1. The van der Waals surface area contributed by atoms with Crippen LogP contribution in [0.25, 0.3) is 0 Å². The molecule has 0 aromatic heterocycles. The molecule has 0 bridgehead atoms. The highest BCUT2D eigenvalue weighted by Crippen LogP contribution is 2.30. The van der Waals surface area contributed by atoms with E-state index in [0.29, 0.717) is 17.9 Å². The smallest absolute Gasteiger partial charge is 0.244 e. The van der Waals surface area contributed by atoms with E-state index in [1.165, 1.54) is 21.3 Å². The van der Waals surface area contributed by atoms with Crippen molar-refractivity contribution in [3.63, 3.8) is 0 Å². The molecular weight excluding hydrogens is 463 g/mol. The minimum Gasteiger partial charge on any atom is -0.349 e. The number of hydrogen-bond donors (Lipinski definition) is 1. The van der Waals surface area contributed by atoms with Crippen LogP contribution in [0.15, 0.2) is 52.3 Å². The summed E-state index contributed by atoms with van der Waals surface area (Å²) in [6.07, 6.45) is 2.94. The van der Waals surface area contributed by atoms with Crippen molar-refractivity contribution in [2.45, 2.75) is 35.6 Å². The summed E-state index contributed by atoms with van der Waals surface area (Å²) in [7, 11) is -3.75. The lowest BCUT2D eigenvalue weighted by atomic mass is 9.96. The maximum atomic E-state index is 12.9. The zero-order chi connectivity index (χ0) is 21.9. The van der Waals surface area contributed by atoms with Crippen LogP contribution in [-0.2, 0) is 14.8 Å². The van der Waals surface area contributed by atoms with Crippen LogP contribution in [0.4, 0.5) is 0 Å². The summed E-state index contributed by atoms with van der Waals surface area (Å²) in [6.45, 7) is 2.48. The Kier molecular flexibility index (Phi) is 7.74. The highest BCUT2D eigenvalue weighted by Gasteiger charge is 2.33. The third-order valence-electron chi connectivity index (χ3n) is 5.31. The van der Waals surface area contributed by atoms with E-state index < -0.39 is 10.0 Å². The Morgan fingerprint density at radius 3 is 2.37 bits per heavy atom. The van der Waals surface area contributed by atoms with Crippen LogP contribution in [0.1, 0.15) is 31.4 Å². The Morgan fingerprint density at radius 1 is 1.13 bits per heavy atom. The third-order valence-corrected chi connectivity index (χ3v) is 8.67. The van der Waals surface area contributed by atoms with Gasteiger partial charge in [0.2, 0.25) is 15.9 Å². The van der Waals surface area contributed by atoms with Crippen molar-refractivity contribution in [3.05, 3.63) is 58.1 Å². The molecule has 1 unspecified atom stereocenters. The van der Waals surface area contributed by atoms with Crippen molar-refractivity contribution in [1.82, 2.24) is 9.62 Å². The van der Waals surface area contributed by atoms with Gasteiger partial charge in [-0.25, -0.2) is 8.42 Å². The molecule has 2 aromatic carbocycles. The molecule has 30 heavy (non-hydrogen) atoms. The zero-order valence-corrected chi connectivity index (χ0v) is 19.9. The number of rotatable bonds is 6. The highest BCUT2D eigenvalue weighted by molar-refractivity contribution is 7.98. The molecule has 0 radical (unpaired) electrons. The first-order valence-corrected chi connectivity index (χ1v) is 13.0. The maximum Gasteiger partial charge on any atom is 0.244 e. The van der Waals surface area contributed by atoms with E-state index in [1.807, 2.05) is 37.4 Å². The largest absolute Gasteiger partial charge is 0.349 e. The summed E-state index contributed by atoms with van der Waals surface area (Å²) >= 11 is 13.7. The lowest BCUT2D eigenvalue weighted by molar-refractivity contribution is -0.126. The molecule has 1 aliphatic heterocycles.